The number of hydrogen-bond acceptors (Lipinski definition) is 3. The second-order valence-corrected chi connectivity index (χ2v) is 7.14. The van der Waals surface area contributed by atoms with Crippen molar-refractivity contribution >= 4 is 21.4 Å². The van der Waals surface area contributed by atoms with E-state index in [0.29, 0.717) is 5.56 Å². The minimum absolute atomic E-state index is 0.00518. The second kappa shape index (κ2) is 7.35. The van der Waals surface area contributed by atoms with Crippen molar-refractivity contribution in [2.75, 3.05) is 18.1 Å². The summed E-state index contributed by atoms with van der Waals surface area (Å²) < 4.78 is 66.3. The van der Waals surface area contributed by atoms with Crippen LogP contribution >= 0.6 is 11.6 Å². The van der Waals surface area contributed by atoms with Gasteiger partial charge in [0.1, 0.15) is 15.6 Å². The largest absolute Gasteiger partial charge is 0.493 e. The van der Waals surface area contributed by atoms with Gasteiger partial charge in [0.15, 0.2) is 0 Å². The summed E-state index contributed by atoms with van der Waals surface area (Å²) in [6.45, 7) is 1.42. The van der Waals surface area contributed by atoms with Crippen LogP contribution in [0.2, 0.25) is 0 Å². The second-order valence-electron chi connectivity index (χ2n) is 4.40. The van der Waals surface area contributed by atoms with Crippen LogP contribution in [0.4, 0.5) is 13.2 Å². The molecule has 0 bridgehead atoms. The smallest absolute Gasteiger partial charge is 0.419 e. The predicted octanol–water partition coefficient (Wildman–Crippen LogP) is 3.65. The Hall–Kier alpha value is -0.950. The average molecular weight is 345 g/mol. The van der Waals surface area contributed by atoms with Crippen LogP contribution in [0.15, 0.2) is 18.2 Å². The molecule has 0 atom stereocenters. The van der Waals surface area contributed by atoms with E-state index in [2.05, 4.69) is 0 Å². The van der Waals surface area contributed by atoms with E-state index in [9.17, 15) is 21.6 Å². The van der Waals surface area contributed by atoms with Crippen LogP contribution in [0.3, 0.4) is 0 Å². The van der Waals surface area contributed by atoms with Gasteiger partial charge in [-0.1, -0.05) is 13.0 Å². The number of alkyl halides is 4. The van der Waals surface area contributed by atoms with Crippen molar-refractivity contribution in [2.24, 2.45) is 0 Å². The van der Waals surface area contributed by atoms with Crippen molar-refractivity contribution in [2.45, 2.75) is 25.4 Å². The van der Waals surface area contributed by atoms with Gasteiger partial charge in [-0.2, -0.15) is 13.2 Å². The zero-order chi connectivity index (χ0) is 16.1. The number of rotatable bonds is 7. The van der Waals surface area contributed by atoms with Gasteiger partial charge in [-0.3, -0.25) is 0 Å². The summed E-state index contributed by atoms with van der Waals surface area (Å²) in [6, 6.07) is 3.58. The van der Waals surface area contributed by atoms with Crippen molar-refractivity contribution in [1.82, 2.24) is 0 Å². The Bertz CT molecular complexity index is 571. The normalized spacial score (nSPS) is 12.4. The number of halogens is 4. The average Bonchev–Trinajstić information content (AvgIpc) is 2.42. The highest BCUT2D eigenvalue weighted by Gasteiger charge is 2.34. The van der Waals surface area contributed by atoms with Crippen LogP contribution in [-0.4, -0.2) is 26.5 Å². The Labute approximate surface area is 127 Å². The fourth-order valence-electron chi connectivity index (χ4n) is 1.61. The first-order valence-electron chi connectivity index (χ1n) is 6.29. The molecule has 0 fully saturated rings. The molecule has 0 amide bonds. The molecule has 1 aromatic carbocycles. The van der Waals surface area contributed by atoms with Gasteiger partial charge in [0.2, 0.25) is 0 Å². The maximum Gasteiger partial charge on any atom is 0.419 e. The molecule has 21 heavy (non-hydrogen) atoms. The minimum atomic E-state index is -4.55. The van der Waals surface area contributed by atoms with Crippen LogP contribution in [0.1, 0.15) is 24.5 Å². The van der Waals surface area contributed by atoms with Crippen molar-refractivity contribution in [1.29, 1.82) is 0 Å². The third-order valence-electron chi connectivity index (χ3n) is 2.80. The molecule has 0 N–H and O–H groups in total. The topological polar surface area (TPSA) is 43.4 Å². The fourth-order valence-corrected chi connectivity index (χ4v) is 2.63. The van der Waals surface area contributed by atoms with E-state index < -0.39 is 21.6 Å². The number of benzene rings is 1. The van der Waals surface area contributed by atoms with E-state index in [4.69, 9.17) is 16.3 Å². The summed E-state index contributed by atoms with van der Waals surface area (Å²) in [7, 11) is -3.14. The first-order valence-corrected chi connectivity index (χ1v) is 8.64. The third kappa shape index (κ3) is 5.74. The highest BCUT2D eigenvalue weighted by atomic mass is 35.5. The molecule has 120 valence electrons. The lowest BCUT2D eigenvalue weighted by Crippen LogP contribution is -2.14. The summed E-state index contributed by atoms with van der Waals surface area (Å²) in [5.74, 6) is -0.446. The van der Waals surface area contributed by atoms with Gasteiger partial charge in [-0.05, 0) is 24.1 Å². The van der Waals surface area contributed by atoms with E-state index in [1.165, 1.54) is 19.1 Å². The summed E-state index contributed by atoms with van der Waals surface area (Å²) in [6.07, 6.45) is -4.41. The molecule has 0 saturated heterocycles. The first kappa shape index (κ1) is 18.1. The summed E-state index contributed by atoms with van der Waals surface area (Å²) in [5, 5.41) is 0. The molecule has 8 heteroatoms. The van der Waals surface area contributed by atoms with Gasteiger partial charge in [-0.25, -0.2) is 8.42 Å². The van der Waals surface area contributed by atoms with Crippen LogP contribution in [0.25, 0.3) is 0 Å². The Kier molecular flexibility index (Phi) is 6.34. The molecule has 0 aromatic heterocycles. The number of sulfone groups is 1. The first-order chi connectivity index (χ1) is 9.69. The predicted molar refractivity (Wildman–Crippen MR) is 75.4 cm³/mol. The van der Waals surface area contributed by atoms with Gasteiger partial charge < -0.3 is 4.74 Å². The van der Waals surface area contributed by atoms with Gasteiger partial charge in [0.25, 0.3) is 0 Å². The SMILES string of the molecule is CCS(=O)(=O)CCCOc1ccc(CCl)cc1C(F)(F)F. The van der Waals surface area contributed by atoms with E-state index in [0.717, 1.165) is 6.07 Å². The summed E-state index contributed by atoms with van der Waals surface area (Å²) in [5.41, 5.74) is -0.566. The van der Waals surface area contributed by atoms with Crippen molar-refractivity contribution in [3.05, 3.63) is 29.3 Å². The molecule has 0 unspecified atom stereocenters. The summed E-state index contributed by atoms with van der Waals surface area (Å²) in [4.78, 5) is 0. The lowest BCUT2D eigenvalue weighted by Gasteiger charge is -2.15. The van der Waals surface area contributed by atoms with Gasteiger partial charge in [0.05, 0.1) is 17.9 Å². The molecule has 0 radical (unpaired) electrons. The zero-order valence-electron chi connectivity index (χ0n) is 11.4. The van der Waals surface area contributed by atoms with E-state index in [-0.39, 0.29) is 36.2 Å². The Morgan fingerprint density at radius 2 is 1.95 bits per heavy atom. The van der Waals surface area contributed by atoms with E-state index in [1.54, 1.807) is 0 Å². The minimum Gasteiger partial charge on any atom is -0.493 e. The Morgan fingerprint density at radius 3 is 2.48 bits per heavy atom. The molecule has 0 spiro atoms. The molecule has 0 aliphatic heterocycles. The summed E-state index contributed by atoms with van der Waals surface area (Å²) >= 11 is 5.52. The lowest BCUT2D eigenvalue weighted by atomic mass is 10.1. The van der Waals surface area contributed by atoms with Crippen LogP contribution in [-0.2, 0) is 21.9 Å². The van der Waals surface area contributed by atoms with Crippen LogP contribution < -0.4 is 4.74 Å². The molecule has 0 aliphatic rings. The molecule has 1 rings (SSSR count). The quantitative estimate of drug-likeness (QED) is 0.560. The lowest BCUT2D eigenvalue weighted by molar-refractivity contribution is -0.139. The maximum absolute atomic E-state index is 12.9. The van der Waals surface area contributed by atoms with Crippen molar-refractivity contribution in [3.8, 4) is 5.75 Å². The van der Waals surface area contributed by atoms with Gasteiger partial charge in [-0.15, -0.1) is 11.6 Å². The van der Waals surface area contributed by atoms with E-state index in [1.807, 2.05) is 0 Å². The highest BCUT2D eigenvalue weighted by molar-refractivity contribution is 7.91. The monoisotopic (exact) mass is 344 g/mol. The molecule has 0 saturated carbocycles. The third-order valence-corrected chi connectivity index (χ3v) is 4.90. The van der Waals surface area contributed by atoms with Gasteiger partial charge in [0, 0.05) is 11.6 Å². The standard InChI is InChI=1S/C13H16ClF3O3S/c1-2-21(18,19)7-3-6-20-12-5-4-10(9-14)8-11(12)13(15,16)17/h4-5,8H,2-3,6-7,9H2,1H3. The molecular formula is C13H16ClF3O3S. The van der Waals surface area contributed by atoms with Crippen molar-refractivity contribution in [3.63, 3.8) is 0 Å². The van der Waals surface area contributed by atoms with Gasteiger partial charge >= 0.3 is 6.18 Å². The Morgan fingerprint density at radius 1 is 1.29 bits per heavy atom. The molecular weight excluding hydrogens is 329 g/mol. The highest BCUT2D eigenvalue weighted by Crippen LogP contribution is 2.37. The Balaban J connectivity index is 2.75. The molecule has 1 aromatic rings. The number of ether oxygens (including phenoxy) is 1. The fraction of sp³-hybridized carbons (Fsp3) is 0.538. The maximum atomic E-state index is 12.9. The van der Waals surface area contributed by atoms with Crippen molar-refractivity contribution < 1.29 is 26.3 Å². The molecule has 0 aliphatic carbocycles. The van der Waals surface area contributed by atoms with Crippen LogP contribution in [0.5, 0.6) is 5.75 Å². The van der Waals surface area contributed by atoms with E-state index >= 15 is 0 Å². The molecule has 0 heterocycles. The number of hydrogen-bond donors (Lipinski definition) is 0. The van der Waals surface area contributed by atoms with Crippen LogP contribution in [0, 0.1) is 0 Å². The zero-order valence-corrected chi connectivity index (χ0v) is 13.0. The molecule has 3 nitrogen and oxygen atoms in total.